The Morgan fingerprint density at radius 1 is 1.20 bits per heavy atom. The molecule has 0 aliphatic rings. The third-order valence-corrected chi connectivity index (χ3v) is 5.08. The van der Waals surface area contributed by atoms with Gasteiger partial charge in [0.15, 0.2) is 0 Å². The van der Waals surface area contributed by atoms with Crippen LogP contribution in [0.15, 0.2) is 47.4 Å². The molecule has 3 aromatic rings. The third-order valence-electron chi connectivity index (χ3n) is 3.22. The predicted octanol–water partition coefficient (Wildman–Crippen LogP) is 4.47. The van der Waals surface area contributed by atoms with Crippen LogP contribution in [0.2, 0.25) is 0 Å². The van der Waals surface area contributed by atoms with E-state index in [4.69, 9.17) is 0 Å². The van der Waals surface area contributed by atoms with Crippen LogP contribution in [-0.4, -0.2) is 4.98 Å². The average Bonchev–Trinajstić information content (AvgIpc) is 3.11. The zero-order chi connectivity index (χ0) is 13.8. The number of hydrogen-bond donors (Lipinski definition) is 1. The molecule has 20 heavy (non-hydrogen) atoms. The molecular weight excluding hydrogens is 284 g/mol. The van der Waals surface area contributed by atoms with Crippen molar-refractivity contribution in [3.05, 3.63) is 63.4 Å². The molecule has 0 aliphatic carbocycles. The van der Waals surface area contributed by atoms with Gasteiger partial charge in [0.2, 0.25) is 0 Å². The molecule has 2 nitrogen and oxygen atoms in total. The van der Waals surface area contributed by atoms with Crippen LogP contribution in [0.4, 0.5) is 0 Å². The summed E-state index contributed by atoms with van der Waals surface area (Å²) in [7, 11) is 0. The summed E-state index contributed by atoms with van der Waals surface area (Å²) < 4.78 is 0. The number of nitrogens with one attached hydrogen (secondary N) is 1. The number of nitrogens with zero attached hydrogens (tertiary/aromatic N) is 1. The zero-order valence-corrected chi connectivity index (χ0v) is 12.9. The Kier molecular flexibility index (Phi) is 4.25. The minimum Gasteiger partial charge on any atom is -0.308 e. The van der Waals surface area contributed by atoms with Gasteiger partial charge in [-0.25, -0.2) is 0 Å². The Labute approximate surface area is 127 Å². The molecule has 0 saturated carbocycles. The minimum atomic E-state index is 0.867. The van der Waals surface area contributed by atoms with E-state index in [9.17, 15) is 0 Å². The maximum atomic E-state index is 4.17. The first kappa shape index (κ1) is 13.5. The number of aryl methyl sites for hydroxylation is 1. The maximum Gasteiger partial charge on any atom is 0.0351 e. The Balaban J connectivity index is 1.58. The monoisotopic (exact) mass is 300 g/mol. The molecule has 0 unspecified atom stereocenters. The Morgan fingerprint density at radius 2 is 2.15 bits per heavy atom. The average molecular weight is 300 g/mol. The van der Waals surface area contributed by atoms with Gasteiger partial charge in [-0.15, -0.1) is 22.7 Å². The summed E-state index contributed by atoms with van der Waals surface area (Å²) in [4.78, 5) is 6.89. The summed E-state index contributed by atoms with van der Waals surface area (Å²) in [5.74, 6) is 0. The van der Waals surface area contributed by atoms with Gasteiger partial charge in [-0.2, -0.15) is 0 Å². The highest BCUT2D eigenvalue weighted by molar-refractivity contribution is 7.14. The molecule has 3 rings (SSSR count). The number of pyridine rings is 1. The molecular formula is C16H16N2S2. The molecule has 3 aromatic heterocycles. The maximum absolute atomic E-state index is 4.17. The molecule has 0 fully saturated rings. The van der Waals surface area contributed by atoms with Crippen LogP contribution in [0.5, 0.6) is 0 Å². The smallest absolute Gasteiger partial charge is 0.0351 e. The van der Waals surface area contributed by atoms with E-state index in [1.807, 2.05) is 23.7 Å². The van der Waals surface area contributed by atoms with Crippen molar-refractivity contribution < 1.29 is 0 Å². The van der Waals surface area contributed by atoms with Gasteiger partial charge in [0.05, 0.1) is 0 Å². The minimum absolute atomic E-state index is 0.867. The lowest BCUT2D eigenvalue weighted by molar-refractivity contribution is 0.696. The molecule has 1 N–H and O–H groups in total. The largest absolute Gasteiger partial charge is 0.308 e. The zero-order valence-electron chi connectivity index (χ0n) is 11.3. The lowest BCUT2D eigenvalue weighted by Gasteiger charge is -2.05. The summed E-state index contributed by atoms with van der Waals surface area (Å²) in [5, 5.41) is 7.85. The van der Waals surface area contributed by atoms with Crippen LogP contribution in [0.1, 0.15) is 16.0 Å². The van der Waals surface area contributed by atoms with Gasteiger partial charge in [-0.1, -0.05) is 6.07 Å². The van der Waals surface area contributed by atoms with Crippen LogP contribution in [0.25, 0.3) is 10.4 Å². The van der Waals surface area contributed by atoms with Crippen molar-refractivity contribution in [2.45, 2.75) is 20.0 Å². The molecule has 0 spiro atoms. The van der Waals surface area contributed by atoms with E-state index >= 15 is 0 Å². The second kappa shape index (κ2) is 6.31. The fraction of sp³-hybridized carbons (Fsp3) is 0.188. The van der Waals surface area contributed by atoms with Crippen molar-refractivity contribution in [1.29, 1.82) is 0 Å². The topological polar surface area (TPSA) is 24.9 Å². The fourth-order valence-electron chi connectivity index (χ4n) is 2.05. The SMILES string of the molecule is Cc1ccncc1CNCc1cc(-c2cccs2)cs1. The number of aromatic nitrogens is 1. The first-order chi connectivity index (χ1) is 9.83. The number of hydrogen-bond acceptors (Lipinski definition) is 4. The van der Waals surface area contributed by atoms with Crippen molar-refractivity contribution in [1.82, 2.24) is 10.3 Å². The van der Waals surface area contributed by atoms with Crippen molar-refractivity contribution in [2.24, 2.45) is 0 Å². The van der Waals surface area contributed by atoms with Gasteiger partial charge in [-0.05, 0) is 47.0 Å². The molecule has 0 atom stereocenters. The molecule has 0 aliphatic heterocycles. The molecule has 3 heterocycles. The first-order valence-electron chi connectivity index (χ1n) is 6.54. The van der Waals surface area contributed by atoms with Crippen molar-refractivity contribution in [3.63, 3.8) is 0 Å². The lowest BCUT2D eigenvalue weighted by atomic mass is 10.1. The van der Waals surface area contributed by atoms with Gasteiger partial charge in [0.1, 0.15) is 0 Å². The van der Waals surface area contributed by atoms with E-state index in [-0.39, 0.29) is 0 Å². The number of thiophene rings is 2. The first-order valence-corrected chi connectivity index (χ1v) is 8.30. The summed E-state index contributed by atoms with van der Waals surface area (Å²) in [6.07, 6.45) is 3.78. The van der Waals surface area contributed by atoms with Gasteiger partial charge in [0, 0.05) is 40.8 Å². The summed E-state index contributed by atoms with van der Waals surface area (Å²) in [6, 6.07) is 8.60. The van der Waals surface area contributed by atoms with Crippen LogP contribution in [-0.2, 0) is 13.1 Å². The van der Waals surface area contributed by atoms with Crippen molar-refractivity contribution in [2.75, 3.05) is 0 Å². The Morgan fingerprint density at radius 3 is 2.95 bits per heavy atom. The highest BCUT2D eigenvalue weighted by atomic mass is 32.1. The van der Waals surface area contributed by atoms with Crippen molar-refractivity contribution in [3.8, 4) is 10.4 Å². The molecule has 0 saturated heterocycles. The molecule has 0 amide bonds. The van der Waals surface area contributed by atoms with Crippen LogP contribution >= 0.6 is 22.7 Å². The van der Waals surface area contributed by atoms with E-state index in [1.165, 1.54) is 26.4 Å². The molecule has 102 valence electrons. The summed E-state index contributed by atoms with van der Waals surface area (Å²) in [6.45, 7) is 3.90. The molecule has 0 aromatic carbocycles. The van der Waals surface area contributed by atoms with E-state index in [2.05, 4.69) is 52.3 Å². The lowest BCUT2D eigenvalue weighted by Crippen LogP contribution is -2.12. The Hall–Kier alpha value is -1.49. The van der Waals surface area contributed by atoms with E-state index in [0.29, 0.717) is 0 Å². The van der Waals surface area contributed by atoms with E-state index < -0.39 is 0 Å². The summed E-state index contributed by atoms with van der Waals surface area (Å²) >= 11 is 3.61. The van der Waals surface area contributed by atoms with E-state index in [0.717, 1.165) is 13.1 Å². The second-order valence-corrected chi connectivity index (χ2v) is 6.63. The van der Waals surface area contributed by atoms with Crippen LogP contribution in [0.3, 0.4) is 0 Å². The van der Waals surface area contributed by atoms with E-state index in [1.54, 1.807) is 11.3 Å². The van der Waals surface area contributed by atoms with Crippen molar-refractivity contribution >= 4 is 22.7 Å². The molecule has 4 heteroatoms. The molecule has 0 radical (unpaired) electrons. The third kappa shape index (κ3) is 3.15. The summed E-state index contributed by atoms with van der Waals surface area (Å²) in [5.41, 5.74) is 3.89. The Bertz CT molecular complexity index is 671. The normalized spacial score (nSPS) is 10.8. The van der Waals surface area contributed by atoms with Gasteiger partial charge in [0.25, 0.3) is 0 Å². The van der Waals surface area contributed by atoms with Gasteiger partial charge >= 0.3 is 0 Å². The van der Waals surface area contributed by atoms with Gasteiger partial charge in [-0.3, -0.25) is 4.98 Å². The van der Waals surface area contributed by atoms with Gasteiger partial charge < -0.3 is 5.32 Å². The fourth-order valence-corrected chi connectivity index (χ4v) is 3.69. The van der Waals surface area contributed by atoms with Crippen LogP contribution < -0.4 is 5.32 Å². The van der Waals surface area contributed by atoms with Crippen LogP contribution in [0, 0.1) is 6.92 Å². The predicted molar refractivity (Wildman–Crippen MR) is 87.1 cm³/mol. The quantitative estimate of drug-likeness (QED) is 0.752. The molecule has 0 bridgehead atoms. The highest BCUT2D eigenvalue weighted by Gasteiger charge is 2.03. The highest BCUT2D eigenvalue weighted by Crippen LogP contribution is 2.29. The standard InChI is InChI=1S/C16H16N2S2/c1-12-4-5-17-8-14(12)9-18-10-15-7-13(11-20-15)16-3-2-6-19-16/h2-8,11,18H,9-10H2,1H3. The number of rotatable bonds is 5. The second-order valence-electron chi connectivity index (χ2n) is 4.68.